The molecule has 0 aliphatic rings. The molecule has 0 bridgehead atoms. The highest BCUT2D eigenvalue weighted by Crippen LogP contribution is 2.34. The minimum absolute atomic E-state index is 0.498. The lowest BCUT2D eigenvalue weighted by atomic mass is 10.3. The third kappa shape index (κ3) is 2.11. The molecule has 0 N–H and O–H groups in total. The van der Waals surface area contributed by atoms with Crippen molar-refractivity contribution < 1.29 is 18.1 Å². The Morgan fingerprint density at radius 1 is 1.50 bits per heavy atom. The number of nitrogens with zero attached hydrogens (tertiary/aromatic N) is 2. The molecule has 0 aliphatic heterocycles. The van der Waals surface area contributed by atoms with E-state index in [4.69, 9.17) is 0 Å². The summed E-state index contributed by atoms with van der Waals surface area (Å²) in [5, 5.41) is 10.3. The summed E-state index contributed by atoms with van der Waals surface area (Å²) in [5.74, 6) is 0. The van der Waals surface area contributed by atoms with E-state index in [1.165, 1.54) is 22.6 Å². The first-order valence-corrected chi connectivity index (χ1v) is 4.28. The van der Waals surface area contributed by atoms with Crippen LogP contribution in [0.15, 0.2) is 12.3 Å². The van der Waals surface area contributed by atoms with Crippen LogP contribution in [0.3, 0.4) is 0 Å². The van der Waals surface area contributed by atoms with E-state index in [0.717, 1.165) is 12.3 Å². The Labute approximate surface area is 89.4 Å². The molecule has 1 rings (SSSR count). The largest absolute Gasteiger partial charge is 0.434 e. The summed E-state index contributed by atoms with van der Waals surface area (Å²) >= 11 is 1.26. The predicted molar refractivity (Wildman–Crippen MR) is 48.6 cm³/mol. The Bertz CT molecular complexity index is 380. The van der Waals surface area contributed by atoms with Gasteiger partial charge in [-0.15, -0.1) is 0 Å². The van der Waals surface area contributed by atoms with Crippen molar-refractivity contribution in [2.24, 2.45) is 0 Å². The summed E-state index contributed by atoms with van der Waals surface area (Å²) in [6, 6.07) is 0.928. The maximum Gasteiger partial charge on any atom is 0.434 e. The highest BCUT2D eigenvalue weighted by Gasteiger charge is 2.37. The topological polar surface area (TPSA) is 56.0 Å². The van der Waals surface area contributed by atoms with Gasteiger partial charge in [-0.05, 0) is 22.6 Å². The Hall–Kier alpha value is -0.930. The van der Waals surface area contributed by atoms with Gasteiger partial charge in [0.1, 0.15) is 3.57 Å². The molecule has 0 saturated heterocycles. The molecule has 0 radical (unpaired) electrons. The fraction of sp³-hybridized carbons (Fsp3) is 0.167. The number of rotatable bonds is 1. The summed E-state index contributed by atoms with van der Waals surface area (Å²) in [4.78, 5) is 12.5. The van der Waals surface area contributed by atoms with Crippen molar-refractivity contribution in [3.05, 3.63) is 31.6 Å². The van der Waals surface area contributed by atoms with Gasteiger partial charge in [0.25, 0.3) is 5.69 Å². The SMILES string of the molecule is O=[N+]([O-])c1ccnc(C(F)(F)F)c1I. The van der Waals surface area contributed by atoms with Gasteiger partial charge in [0, 0.05) is 12.3 Å². The average Bonchev–Trinajstić information content (AvgIpc) is 2.01. The summed E-state index contributed by atoms with van der Waals surface area (Å²) in [7, 11) is 0. The first-order valence-electron chi connectivity index (χ1n) is 3.20. The molecule has 0 aromatic carbocycles. The van der Waals surface area contributed by atoms with Crippen LogP contribution in [0, 0.1) is 13.7 Å². The van der Waals surface area contributed by atoms with Gasteiger partial charge in [-0.25, -0.2) is 0 Å². The van der Waals surface area contributed by atoms with Gasteiger partial charge >= 0.3 is 6.18 Å². The molecule has 1 aromatic rings. The van der Waals surface area contributed by atoms with Gasteiger partial charge in [0.05, 0.1) is 4.92 Å². The first kappa shape index (κ1) is 11.1. The number of hydrogen-bond donors (Lipinski definition) is 0. The van der Waals surface area contributed by atoms with E-state index in [2.05, 4.69) is 4.98 Å². The zero-order chi connectivity index (χ0) is 10.9. The molecule has 0 saturated carbocycles. The second kappa shape index (κ2) is 3.67. The average molecular weight is 318 g/mol. The maximum absolute atomic E-state index is 12.2. The van der Waals surface area contributed by atoms with Gasteiger partial charge in [-0.1, -0.05) is 0 Å². The molecule has 4 nitrogen and oxygen atoms in total. The molecule has 0 spiro atoms. The molecule has 76 valence electrons. The molecule has 0 aliphatic carbocycles. The van der Waals surface area contributed by atoms with E-state index in [0.29, 0.717) is 0 Å². The van der Waals surface area contributed by atoms with E-state index in [1.54, 1.807) is 0 Å². The van der Waals surface area contributed by atoms with Crippen LogP contribution in [0.5, 0.6) is 0 Å². The van der Waals surface area contributed by atoms with Crippen molar-refractivity contribution in [3.63, 3.8) is 0 Å². The third-order valence-electron chi connectivity index (χ3n) is 1.33. The van der Waals surface area contributed by atoms with Crippen molar-refractivity contribution in [1.82, 2.24) is 4.98 Å². The summed E-state index contributed by atoms with van der Waals surface area (Å²) in [5.41, 5.74) is -1.82. The molecule has 0 atom stereocenters. The first-order chi connectivity index (χ1) is 6.34. The molecule has 0 fully saturated rings. The molecular formula is C6H2F3IN2O2. The highest BCUT2D eigenvalue weighted by atomic mass is 127. The highest BCUT2D eigenvalue weighted by molar-refractivity contribution is 14.1. The van der Waals surface area contributed by atoms with E-state index >= 15 is 0 Å². The number of aromatic nitrogens is 1. The van der Waals surface area contributed by atoms with Crippen LogP contribution in [-0.2, 0) is 6.18 Å². The van der Waals surface area contributed by atoms with Crippen LogP contribution >= 0.6 is 22.6 Å². The molecule has 1 aromatic heterocycles. The van der Waals surface area contributed by atoms with E-state index in [9.17, 15) is 23.3 Å². The monoisotopic (exact) mass is 318 g/mol. The zero-order valence-corrected chi connectivity index (χ0v) is 8.53. The second-order valence-electron chi connectivity index (χ2n) is 2.25. The Morgan fingerprint density at radius 2 is 2.07 bits per heavy atom. The number of hydrogen-bond acceptors (Lipinski definition) is 3. The third-order valence-corrected chi connectivity index (χ3v) is 2.40. The van der Waals surface area contributed by atoms with Crippen LogP contribution in [0.25, 0.3) is 0 Å². The zero-order valence-electron chi connectivity index (χ0n) is 6.38. The van der Waals surface area contributed by atoms with Crippen LogP contribution in [0.1, 0.15) is 5.69 Å². The van der Waals surface area contributed by atoms with Crippen molar-refractivity contribution in [1.29, 1.82) is 0 Å². The van der Waals surface area contributed by atoms with Gasteiger partial charge in [0.2, 0.25) is 0 Å². The standard InChI is InChI=1S/C6H2F3IN2O2/c7-6(8,9)5-4(10)3(12(13)14)1-2-11-5/h1-2H. The van der Waals surface area contributed by atoms with Crippen LogP contribution in [-0.4, -0.2) is 9.91 Å². The van der Waals surface area contributed by atoms with Crippen molar-refractivity contribution in [2.45, 2.75) is 6.18 Å². The van der Waals surface area contributed by atoms with Crippen molar-refractivity contribution in [3.8, 4) is 0 Å². The van der Waals surface area contributed by atoms with Gasteiger partial charge in [0.15, 0.2) is 5.69 Å². The molecule has 0 amide bonds. The van der Waals surface area contributed by atoms with Crippen molar-refractivity contribution >= 4 is 28.3 Å². The number of pyridine rings is 1. The fourth-order valence-electron chi connectivity index (χ4n) is 0.772. The lowest BCUT2D eigenvalue weighted by Gasteiger charge is -2.06. The molecule has 1 heterocycles. The van der Waals surface area contributed by atoms with Crippen molar-refractivity contribution in [2.75, 3.05) is 0 Å². The van der Waals surface area contributed by atoms with Crippen LogP contribution in [0.2, 0.25) is 0 Å². The Balaban J connectivity index is 3.35. The minimum Gasteiger partial charge on any atom is -0.258 e. The quantitative estimate of drug-likeness (QED) is 0.454. The lowest BCUT2D eigenvalue weighted by molar-refractivity contribution is -0.386. The normalized spacial score (nSPS) is 11.4. The predicted octanol–water partition coefficient (Wildman–Crippen LogP) is 2.61. The summed E-state index contributed by atoms with van der Waals surface area (Å²) in [6.45, 7) is 0. The maximum atomic E-state index is 12.2. The van der Waals surface area contributed by atoms with Crippen LogP contribution < -0.4 is 0 Å². The van der Waals surface area contributed by atoms with E-state index < -0.39 is 26.1 Å². The van der Waals surface area contributed by atoms with E-state index in [1.807, 2.05) is 0 Å². The smallest absolute Gasteiger partial charge is 0.258 e. The Morgan fingerprint density at radius 3 is 2.50 bits per heavy atom. The van der Waals surface area contributed by atoms with Gasteiger partial charge in [-0.3, -0.25) is 15.1 Å². The fourth-order valence-corrected chi connectivity index (χ4v) is 1.59. The molecular weight excluding hydrogens is 316 g/mol. The molecule has 14 heavy (non-hydrogen) atoms. The number of halogens is 4. The van der Waals surface area contributed by atoms with Crippen LogP contribution in [0.4, 0.5) is 18.9 Å². The van der Waals surface area contributed by atoms with Gasteiger partial charge < -0.3 is 0 Å². The minimum atomic E-state index is -4.66. The summed E-state index contributed by atoms with van der Waals surface area (Å²) < 4.78 is 36.1. The number of nitro groups is 1. The van der Waals surface area contributed by atoms with Gasteiger partial charge in [-0.2, -0.15) is 13.2 Å². The second-order valence-corrected chi connectivity index (χ2v) is 3.33. The molecule has 8 heteroatoms. The lowest BCUT2D eigenvalue weighted by Crippen LogP contribution is -2.11. The number of alkyl halides is 3. The summed E-state index contributed by atoms with van der Waals surface area (Å²) in [6.07, 6.45) is -3.90. The Kier molecular flexibility index (Phi) is 2.92. The van der Waals surface area contributed by atoms with E-state index in [-0.39, 0.29) is 0 Å². The molecule has 0 unspecified atom stereocenters.